The SMILES string of the molecule is CC1(C)c2cccc3c2-n2c4c1cccc4c1cc(-c4cccc(-c5nc(-c6ccc(-c7ccccc7)cc6)nc(-c6ccc(-c7ccccc7)cc6)n5)c4)cc(c12)C3(C)C. The van der Waals surface area contributed by atoms with E-state index in [1.54, 1.807) is 0 Å². The molecule has 2 aliphatic rings. The number of para-hydroxylation sites is 2. The molecule has 0 atom stereocenters. The minimum Gasteiger partial charge on any atom is -0.308 e. The van der Waals surface area contributed by atoms with E-state index in [2.05, 4.69) is 202 Å². The molecule has 0 amide bonds. The van der Waals surface area contributed by atoms with E-state index in [9.17, 15) is 0 Å². The zero-order valence-electron chi connectivity index (χ0n) is 34.6. The quantitative estimate of drug-likeness (QED) is 0.169. The summed E-state index contributed by atoms with van der Waals surface area (Å²) in [4.78, 5) is 15.5. The van der Waals surface area contributed by atoms with Crippen molar-refractivity contribution >= 4 is 21.8 Å². The molecule has 4 nitrogen and oxygen atoms in total. The summed E-state index contributed by atoms with van der Waals surface area (Å²) in [5.41, 5.74) is 19.0. The Hall–Kier alpha value is -7.43. The number of rotatable bonds is 6. The van der Waals surface area contributed by atoms with Crippen molar-refractivity contribution in [2.75, 3.05) is 0 Å². The van der Waals surface area contributed by atoms with Crippen LogP contribution < -0.4 is 0 Å². The van der Waals surface area contributed by atoms with E-state index >= 15 is 0 Å². The summed E-state index contributed by atoms with van der Waals surface area (Å²) >= 11 is 0. The van der Waals surface area contributed by atoms with Crippen molar-refractivity contribution in [3.05, 3.63) is 204 Å². The Morgan fingerprint density at radius 1 is 0.311 bits per heavy atom. The highest BCUT2D eigenvalue weighted by atomic mass is 15.0. The van der Waals surface area contributed by atoms with Gasteiger partial charge in [0.1, 0.15) is 0 Å². The first-order valence-electron chi connectivity index (χ1n) is 21.2. The second-order valence-corrected chi connectivity index (χ2v) is 17.7. The molecular weight excluding hydrogens is 741 g/mol. The van der Waals surface area contributed by atoms with Crippen LogP contribution in [0.3, 0.4) is 0 Å². The molecule has 0 aliphatic carbocycles. The highest BCUT2D eigenvalue weighted by Gasteiger charge is 2.43. The average Bonchev–Trinajstić information content (AvgIpc) is 3.65. The molecule has 2 aromatic heterocycles. The standard InChI is InChI=1S/C57H42N4/c1-56(2)46-21-12-20-44-45-33-43(34-49-51(45)61(50(44)46)52-47(56)22-13-23-48(52)57(49,3)4)41-18-11-19-42(32-41)55-59-53(39-28-24-37(25-29-39)35-14-7-5-8-15-35)58-54(60-55)40-30-26-38(27-31-40)36-16-9-6-10-17-36/h5-34H,1-4H3. The zero-order valence-corrected chi connectivity index (χ0v) is 34.6. The van der Waals surface area contributed by atoms with Gasteiger partial charge in [-0.05, 0) is 73.8 Å². The molecule has 8 aromatic carbocycles. The van der Waals surface area contributed by atoms with Gasteiger partial charge in [-0.3, -0.25) is 0 Å². The van der Waals surface area contributed by atoms with Crippen molar-refractivity contribution in [1.29, 1.82) is 0 Å². The van der Waals surface area contributed by atoms with Crippen LogP contribution in [0.1, 0.15) is 49.9 Å². The predicted molar refractivity (Wildman–Crippen MR) is 251 cm³/mol. The summed E-state index contributed by atoms with van der Waals surface area (Å²) < 4.78 is 2.59. The molecule has 4 heterocycles. The minimum atomic E-state index is -0.209. The van der Waals surface area contributed by atoms with Crippen LogP contribution in [0.25, 0.3) is 95.0 Å². The maximum Gasteiger partial charge on any atom is 0.164 e. The summed E-state index contributed by atoms with van der Waals surface area (Å²) in [5, 5.41) is 2.60. The van der Waals surface area contributed by atoms with Crippen LogP contribution in [0, 0.1) is 0 Å². The Morgan fingerprint density at radius 3 is 1.33 bits per heavy atom. The second kappa shape index (κ2) is 13.0. The van der Waals surface area contributed by atoms with Gasteiger partial charge in [0, 0.05) is 38.3 Å². The van der Waals surface area contributed by atoms with E-state index < -0.39 is 0 Å². The van der Waals surface area contributed by atoms with Gasteiger partial charge in [0.25, 0.3) is 0 Å². The van der Waals surface area contributed by atoms with E-state index in [0.717, 1.165) is 33.4 Å². The van der Waals surface area contributed by atoms with Gasteiger partial charge in [0.2, 0.25) is 0 Å². The van der Waals surface area contributed by atoms with Crippen LogP contribution in [-0.4, -0.2) is 19.5 Å². The van der Waals surface area contributed by atoms with Crippen LogP contribution in [0.4, 0.5) is 0 Å². The summed E-state index contributed by atoms with van der Waals surface area (Å²) in [7, 11) is 0. The van der Waals surface area contributed by atoms with Crippen LogP contribution in [-0.2, 0) is 10.8 Å². The molecule has 0 spiro atoms. The van der Waals surface area contributed by atoms with Crippen molar-refractivity contribution in [2.24, 2.45) is 0 Å². The van der Waals surface area contributed by atoms with Crippen molar-refractivity contribution < 1.29 is 0 Å². The fraction of sp³-hybridized carbons (Fsp3) is 0.105. The largest absolute Gasteiger partial charge is 0.308 e. The van der Waals surface area contributed by atoms with Gasteiger partial charge in [0.15, 0.2) is 17.5 Å². The van der Waals surface area contributed by atoms with Gasteiger partial charge < -0.3 is 4.57 Å². The monoisotopic (exact) mass is 782 g/mol. The smallest absolute Gasteiger partial charge is 0.164 e. The molecule has 290 valence electrons. The summed E-state index contributed by atoms with van der Waals surface area (Å²) in [6, 6.07) is 65.4. The highest BCUT2D eigenvalue weighted by molar-refractivity contribution is 6.15. The highest BCUT2D eigenvalue weighted by Crippen LogP contribution is 2.55. The molecule has 0 radical (unpaired) electrons. The lowest BCUT2D eigenvalue weighted by Crippen LogP contribution is -2.33. The Bertz CT molecular complexity index is 3270. The van der Waals surface area contributed by atoms with Crippen molar-refractivity contribution in [3.8, 4) is 73.2 Å². The zero-order chi connectivity index (χ0) is 41.0. The topological polar surface area (TPSA) is 43.6 Å². The summed E-state index contributed by atoms with van der Waals surface area (Å²) in [5.74, 6) is 1.92. The van der Waals surface area contributed by atoms with Gasteiger partial charge in [-0.1, -0.05) is 191 Å². The van der Waals surface area contributed by atoms with Crippen molar-refractivity contribution in [3.63, 3.8) is 0 Å². The molecule has 0 unspecified atom stereocenters. The third kappa shape index (κ3) is 5.35. The number of hydrogen-bond acceptors (Lipinski definition) is 3. The van der Waals surface area contributed by atoms with Gasteiger partial charge >= 0.3 is 0 Å². The molecule has 4 heteroatoms. The normalized spacial score (nSPS) is 14.2. The van der Waals surface area contributed by atoms with Crippen LogP contribution in [0.5, 0.6) is 0 Å². The fourth-order valence-corrected chi connectivity index (χ4v) is 10.1. The third-order valence-corrected chi connectivity index (χ3v) is 13.4. The van der Waals surface area contributed by atoms with Crippen molar-refractivity contribution in [1.82, 2.24) is 19.5 Å². The Labute approximate surface area is 355 Å². The van der Waals surface area contributed by atoms with Crippen LogP contribution in [0.15, 0.2) is 182 Å². The van der Waals surface area contributed by atoms with E-state index in [0.29, 0.717) is 17.5 Å². The minimum absolute atomic E-state index is 0.115. The van der Waals surface area contributed by atoms with Crippen LogP contribution in [0.2, 0.25) is 0 Å². The molecule has 0 saturated heterocycles. The molecule has 0 bridgehead atoms. The molecule has 0 N–H and O–H groups in total. The number of hydrogen-bond donors (Lipinski definition) is 0. The first-order valence-corrected chi connectivity index (χ1v) is 21.2. The molecule has 0 fully saturated rings. The fourth-order valence-electron chi connectivity index (χ4n) is 10.1. The Kier molecular flexibility index (Phi) is 7.59. The van der Waals surface area contributed by atoms with Gasteiger partial charge in [0.05, 0.1) is 16.7 Å². The maximum atomic E-state index is 5.19. The van der Waals surface area contributed by atoms with Gasteiger partial charge in [-0.15, -0.1) is 0 Å². The number of aromatic nitrogens is 4. The molecule has 0 saturated carbocycles. The lowest BCUT2D eigenvalue weighted by atomic mass is 9.68. The first kappa shape index (κ1) is 35.5. The maximum absolute atomic E-state index is 5.19. The third-order valence-electron chi connectivity index (χ3n) is 13.4. The molecule has 12 rings (SSSR count). The number of fused-ring (bicyclic) bond motifs is 1. The lowest BCUT2D eigenvalue weighted by Gasteiger charge is -2.42. The molecule has 61 heavy (non-hydrogen) atoms. The van der Waals surface area contributed by atoms with E-state index in [4.69, 9.17) is 15.0 Å². The second-order valence-electron chi connectivity index (χ2n) is 17.7. The van der Waals surface area contributed by atoms with Gasteiger partial charge in [-0.25, -0.2) is 15.0 Å². The Balaban J connectivity index is 1.02. The van der Waals surface area contributed by atoms with Gasteiger partial charge in [-0.2, -0.15) is 0 Å². The van der Waals surface area contributed by atoms with E-state index in [1.165, 1.54) is 66.4 Å². The molecular formula is C57H42N4. The lowest BCUT2D eigenvalue weighted by molar-refractivity contribution is 0.594. The average molecular weight is 783 g/mol. The number of nitrogens with zero attached hydrogens (tertiary/aromatic N) is 4. The number of benzene rings is 8. The van der Waals surface area contributed by atoms with E-state index in [1.807, 2.05) is 12.1 Å². The summed E-state index contributed by atoms with van der Waals surface area (Å²) in [6.07, 6.45) is 0. The first-order chi connectivity index (χ1) is 29.7. The predicted octanol–water partition coefficient (Wildman–Crippen LogP) is 14.2. The Morgan fingerprint density at radius 2 is 0.738 bits per heavy atom. The van der Waals surface area contributed by atoms with E-state index in [-0.39, 0.29) is 10.8 Å². The molecule has 10 aromatic rings. The van der Waals surface area contributed by atoms with Crippen LogP contribution >= 0.6 is 0 Å². The van der Waals surface area contributed by atoms with Crippen molar-refractivity contribution in [2.45, 2.75) is 38.5 Å². The molecule has 2 aliphatic heterocycles. The summed E-state index contributed by atoms with van der Waals surface area (Å²) in [6.45, 7) is 9.56.